The summed E-state index contributed by atoms with van der Waals surface area (Å²) in [6, 6.07) is 7.66. The summed E-state index contributed by atoms with van der Waals surface area (Å²) in [7, 11) is 1.92. The van der Waals surface area contributed by atoms with Gasteiger partial charge in [0.25, 0.3) is 0 Å². The molecule has 0 saturated carbocycles. The van der Waals surface area contributed by atoms with Crippen LogP contribution in [0.15, 0.2) is 24.3 Å². The van der Waals surface area contributed by atoms with E-state index in [2.05, 4.69) is 0 Å². The molecule has 4 nitrogen and oxygen atoms in total. The van der Waals surface area contributed by atoms with E-state index in [0.717, 1.165) is 11.3 Å². The maximum Gasteiger partial charge on any atom is 0.322 e. The third-order valence-corrected chi connectivity index (χ3v) is 3.31. The van der Waals surface area contributed by atoms with Gasteiger partial charge in [-0.1, -0.05) is 18.2 Å². The van der Waals surface area contributed by atoms with E-state index in [0.29, 0.717) is 6.54 Å². The second kappa shape index (κ2) is 3.07. The van der Waals surface area contributed by atoms with Crippen LogP contribution in [0.25, 0.3) is 0 Å². The minimum Gasteiger partial charge on any atom is -0.392 e. The van der Waals surface area contributed by atoms with E-state index in [4.69, 9.17) is 4.74 Å². The largest absolute Gasteiger partial charge is 0.392 e. The van der Waals surface area contributed by atoms with Gasteiger partial charge >= 0.3 is 11.9 Å². The Bertz CT molecular complexity index is 483. The first-order chi connectivity index (χ1) is 7.68. The molecule has 4 heteroatoms. The fourth-order valence-electron chi connectivity index (χ4n) is 2.55. The molecular formula is C12H11NO3. The summed E-state index contributed by atoms with van der Waals surface area (Å²) in [6.07, 6.45) is 0. The van der Waals surface area contributed by atoms with E-state index in [-0.39, 0.29) is 5.92 Å². The molecule has 2 aliphatic rings. The molecule has 0 radical (unpaired) electrons. The molecule has 0 spiro atoms. The van der Waals surface area contributed by atoms with Crippen LogP contribution in [0, 0.1) is 5.92 Å². The van der Waals surface area contributed by atoms with Crippen LogP contribution in [-0.4, -0.2) is 25.5 Å². The summed E-state index contributed by atoms with van der Waals surface area (Å²) < 4.78 is 4.71. The average Bonchev–Trinajstić information content (AvgIpc) is 2.55. The zero-order chi connectivity index (χ0) is 11.3. The smallest absolute Gasteiger partial charge is 0.322 e. The van der Waals surface area contributed by atoms with Crippen LogP contribution >= 0.6 is 0 Å². The van der Waals surface area contributed by atoms with E-state index < -0.39 is 17.9 Å². The van der Waals surface area contributed by atoms with Crippen molar-refractivity contribution >= 4 is 17.6 Å². The van der Waals surface area contributed by atoms with Crippen molar-refractivity contribution in [1.82, 2.24) is 0 Å². The van der Waals surface area contributed by atoms with Crippen molar-refractivity contribution in [1.29, 1.82) is 0 Å². The highest BCUT2D eigenvalue weighted by Crippen LogP contribution is 2.42. The predicted octanol–water partition coefficient (Wildman–Crippen LogP) is 0.920. The van der Waals surface area contributed by atoms with Gasteiger partial charge in [-0.2, -0.15) is 0 Å². The van der Waals surface area contributed by atoms with Gasteiger partial charge in [0.15, 0.2) is 0 Å². The highest BCUT2D eigenvalue weighted by atomic mass is 16.6. The summed E-state index contributed by atoms with van der Waals surface area (Å²) in [4.78, 5) is 25.1. The molecule has 2 aliphatic heterocycles. The van der Waals surface area contributed by atoms with Gasteiger partial charge in [0.2, 0.25) is 0 Å². The van der Waals surface area contributed by atoms with Gasteiger partial charge in [-0.3, -0.25) is 9.59 Å². The molecule has 2 unspecified atom stereocenters. The maximum absolute atomic E-state index is 11.6. The average molecular weight is 217 g/mol. The summed E-state index contributed by atoms with van der Waals surface area (Å²) in [5.74, 6) is -1.54. The predicted molar refractivity (Wildman–Crippen MR) is 57.0 cm³/mol. The molecule has 2 heterocycles. The van der Waals surface area contributed by atoms with Crippen LogP contribution in [0.5, 0.6) is 0 Å². The highest BCUT2D eigenvalue weighted by molar-refractivity contribution is 6.01. The topological polar surface area (TPSA) is 46.6 Å². The lowest BCUT2D eigenvalue weighted by molar-refractivity contribution is -0.153. The number of ether oxygens (including phenoxy) is 1. The summed E-state index contributed by atoms with van der Waals surface area (Å²) in [5.41, 5.74) is 1.91. The minimum atomic E-state index is -0.407. The fraction of sp³-hybridized carbons (Fsp3) is 0.333. The molecule has 82 valence electrons. The molecule has 3 rings (SSSR count). The Hall–Kier alpha value is -1.84. The number of nitrogens with zero attached hydrogens (tertiary/aromatic N) is 1. The van der Waals surface area contributed by atoms with Crippen LogP contribution in [0.3, 0.4) is 0 Å². The first kappa shape index (κ1) is 9.39. The summed E-state index contributed by atoms with van der Waals surface area (Å²) in [6.45, 7) is 0.548. The second-order valence-corrected chi connectivity index (χ2v) is 4.26. The fourth-order valence-corrected chi connectivity index (χ4v) is 2.55. The number of fused-ring (bicyclic) bond motifs is 3. The number of benzene rings is 1. The van der Waals surface area contributed by atoms with Gasteiger partial charge in [-0.05, 0) is 11.6 Å². The molecule has 1 saturated heterocycles. The number of carbonyl (C=O) groups is 2. The normalized spacial score (nSPS) is 27.4. The second-order valence-electron chi connectivity index (χ2n) is 4.26. The number of cyclic esters (lactones) is 2. The van der Waals surface area contributed by atoms with Crippen molar-refractivity contribution in [2.24, 2.45) is 5.92 Å². The molecule has 0 bridgehead atoms. The third kappa shape index (κ3) is 1.10. The highest BCUT2D eigenvalue weighted by Gasteiger charge is 2.49. The zero-order valence-corrected chi connectivity index (χ0v) is 8.84. The minimum absolute atomic E-state index is 0.340. The first-order valence-corrected chi connectivity index (χ1v) is 5.24. The van der Waals surface area contributed by atoms with Gasteiger partial charge in [0.05, 0.1) is 11.8 Å². The Balaban J connectivity index is 2.16. The Kier molecular flexibility index (Phi) is 1.80. The SMILES string of the molecule is CN1CC2C(=O)OC(=O)C2c2ccccc21. The van der Waals surface area contributed by atoms with Gasteiger partial charge in [-0.25, -0.2) is 0 Å². The van der Waals surface area contributed by atoms with Crippen LogP contribution in [0.4, 0.5) is 5.69 Å². The third-order valence-electron chi connectivity index (χ3n) is 3.31. The Labute approximate surface area is 92.8 Å². The standard InChI is InChI=1S/C12H11NO3/c1-13-6-8-10(12(15)16-11(8)14)7-4-2-3-5-9(7)13/h2-5,8,10H,6H2,1H3. The lowest BCUT2D eigenvalue weighted by Crippen LogP contribution is -2.36. The number of para-hydroxylation sites is 1. The lowest BCUT2D eigenvalue weighted by Gasteiger charge is -2.32. The Morgan fingerprint density at radius 1 is 1.25 bits per heavy atom. The molecular weight excluding hydrogens is 206 g/mol. The molecule has 0 aliphatic carbocycles. The number of hydrogen-bond acceptors (Lipinski definition) is 4. The molecule has 2 atom stereocenters. The van der Waals surface area contributed by atoms with Crippen molar-refractivity contribution in [3.05, 3.63) is 29.8 Å². The summed E-state index contributed by atoms with van der Waals surface area (Å²) in [5, 5.41) is 0. The Morgan fingerprint density at radius 3 is 2.81 bits per heavy atom. The van der Waals surface area contributed by atoms with Crippen LogP contribution in [0.2, 0.25) is 0 Å². The number of rotatable bonds is 0. The van der Waals surface area contributed by atoms with Crippen LogP contribution in [0.1, 0.15) is 11.5 Å². The number of esters is 2. The quantitative estimate of drug-likeness (QED) is 0.479. The molecule has 1 aromatic rings. The monoisotopic (exact) mass is 217 g/mol. The van der Waals surface area contributed by atoms with Crippen molar-refractivity contribution in [2.45, 2.75) is 5.92 Å². The molecule has 0 amide bonds. The number of hydrogen-bond donors (Lipinski definition) is 0. The van der Waals surface area contributed by atoms with Gasteiger partial charge in [0.1, 0.15) is 0 Å². The van der Waals surface area contributed by atoms with Gasteiger partial charge in [0, 0.05) is 19.3 Å². The van der Waals surface area contributed by atoms with E-state index in [1.165, 1.54) is 0 Å². The summed E-state index contributed by atoms with van der Waals surface area (Å²) >= 11 is 0. The Morgan fingerprint density at radius 2 is 2.00 bits per heavy atom. The van der Waals surface area contributed by atoms with E-state index in [9.17, 15) is 9.59 Å². The molecule has 0 aromatic heterocycles. The molecule has 1 fully saturated rings. The van der Waals surface area contributed by atoms with E-state index in [1.807, 2.05) is 36.2 Å². The van der Waals surface area contributed by atoms with E-state index in [1.54, 1.807) is 0 Å². The van der Waals surface area contributed by atoms with Crippen molar-refractivity contribution < 1.29 is 14.3 Å². The first-order valence-electron chi connectivity index (χ1n) is 5.24. The van der Waals surface area contributed by atoms with Crippen LogP contribution in [-0.2, 0) is 14.3 Å². The number of anilines is 1. The van der Waals surface area contributed by atoms with Gasteiger partial charge in [-0.15, -0.1) is 0 Å². The molecule has 1 aromatic carbocycles. The lowest BCUT2D eigenvalue weighted by atomic mass is 9.83. The van der Waals surface area contributed by atoms with Crippen molar-refractivity contribution in [2.75, 3.05) is 18.5 Å². The zero-order valence-electron chi connectivity index (χ0n) is 8.84. The molecule has 0 N–H and O–H groups in total. The van der Waals surface area contributed by atoms with Crippen molar-refractivity contribution in [3.63, 3.8) is 0 Å². The maximum atomic E-state index is 11.6. The number of carbonyl (C=O) groups excluding carboxylic acids is 2. The van der Waals surface area contributed by atoms with Crippen molar-refractivity contribution in [3.8, 4) is 0 Å². The van der Waals surface area contributed by atoms with Crippen LogP contribution < -0.4 is 4.90 Å². The molecule has 16 heavy (non-hydrogen) atoms. The van der Waals surface area contributed by atoms with Gasteiger partial charge < -0.3 is 9.64 Å². The van der Waals surface area contributed by atoms with E-state index >= 15 is 0 Å².